The van der Waals surface area contributed by atoms with E-state index in [0.717, 1.165) is 0 Å². The minimum Gasteiger partial charge on any atom is -0.484 e. The van der Waals surface area contributed by atoms with Crippen LogP contribution < -0.4 is 10.1 Å². The average molecular weight is 381 g/mol. The number of hydrogen-bond acceptors (Lipinski definition) is 6. The van der Waals surface area contributed by atoms with Gasteiger partial charge in [0.15, 0.2) is 19.0 Å². The number of thioether (sulfide) groups is 1. The van der Waals surface area contributed by atoms with Gasteiger partial charge in [0, 0.05) is 5.41 Å². The van der Waals surface area contributed by atoms with Gasteiger partial charge in [0.25, 0.3) is 5.91 Å². The van der Waals surface area contributed by atoms with E-state index >= 15 is 0 Å². The molecular formula is C19H27NO5S. The number of nitrogens with one attached hydrogen (secondary N) is 1. The van der Waals surface area contributed by atoms with Crippen molar-refractivity contribution in [3.63, 3.8) is 0 Å². The molecule has 0 aliphatic carbocycles. The van der Waals surface area contributed by atoms with E-state index < -0.39 is 23.3 Å². The fourth-order valence-corrected chi connectivity index (χ4v) is 2.31. The molecule has 6 nitrogen and oxygen atoms in total. The van der Waals surface area contributed by atoms with Crippen molar-refractivity contribution in [3.05, 3.63) is 30.3 Å². The molecule has 1 amide bonds. The lowest BCUT2D eigenvalue weighted by Crippen LogP contribution is -2.45. The Kier molecular flexibility index (Phi) is 9.19. The van der Waals surface area contributed by atoms with Crippen LogP contribution in [-0.4, -0.2) is 48.9 Å². The van der Waals surface area contributed by atoms with E-state index in [1.54, 1.807) is 56.8 Å². The molecule has 0 radical (unpaired) electrons. The Morgan fingerprint density at radius 1 is 1.12 bits per heavy atom. The molecule has 0 bridgehead atoms. The average Bonchev–Trinajstić information content (AvgIpc) is 2.61. The molecule has 0 aliphatic heterocycles. The normalized spacial score (nSPS) is 12.2. The van der Waals surface area contributed by atoms with Crippen LogP contribution in [0.5, 0.6) is 5.75 Å². The Bertz CT molecular complexity index is 598. The summed E-state index contributed by atoms with van der Waals surface area (Å²) in [5.41, 5.74) is -0.582. The van der Waals surface area contributed by atoms with Crippen molar-refractivity contribution in [1.82, 2.24) is 5.32 Å². The zero-order valence-corrected chi connectivity index (χ0v) is 16.6. The van der Waals surface area contributed by atoms with E-state index in [1.807, 2.05) is 12.3 Å². The van der Waals surface area contributed by atoms with Gasteiger partial charge in [0.2, 0.25) is 0 Å². The first-order valence-electron chi connectivity index (χ1n) is 8.40. The lowest BCUT2D eigenvalue weighted by atomic mass is 9.91. The van der Waals surface area contributed by atoms with Crippen LogP contribution in [0.4, 0.5) is 0 Å². The number of Topliss-reactive ketones (excluding diaryl/α,β-unsaturated/α-hetero) is 1. The van der Waals surface area contributed by atoms with Crippen molar-refractivity contribution < 1.29 is 23.9 Å². The monoisotopic (exact) mass is 381 g/mol. The van der Waals surface area contributed by atoms with Crippen molar-refractivity contribution in [3.8, 4) is 5.75 Å². The summed E-state index contributed by atoms with van der Waals surface area (Å²) >= 11 is 1.56. The van der Waals surface area contributed by atoms with Crippen molar-refractivity contribution in [1.29, 1.82) is 0 Å². The van der Waals surface area contributed by atoms with Gasteiger partial charge >= 0.3 is 5.97 Å². The van der Waals surface area contributed by atoms with Crippen LogP contribution in [0.1, 0.15) is 27.2 Å². The molecule has 26 heavy (non-hydrogen) atoms. The van der Waals surface area contributed by atoms with Crippen LogP contribution in [0.25, 0.3) is 0 Å². The SMILES string of the molecule is CSCC[C@@H](NC(=O)COc1ccccc1)C(=O)OCC(=O)C(C)(C)C. The molecular weight excluding hydrogens is 354 g/mol. The quantitative estimate of drug-likeness (QED) is 0.627. The first-order valence-corrected chi connectivity index (χ1v) is 9.79. The van der Waals surface area contributed by atoms with E-state index in [0.29, 0.717) is 17.9 Å². The predicted octanol–water partition coefficient (Wildman–Crippen LogP) is 2.46. The molecule has 0 fully saturated rings. The fraction of sp³-hybridized carbons (Fsp3) is 0.526. The van der Waals surface area contributed by atoms with Crippen LogP contribution in [0, 0.1) is 5.41 Å². The molecule has 1 N–H and O–H groups in total. The number of ether oxygens (including phenoxy) is 2. The van der Waals surface area contributed by atoms with E-state index in [-0.39, 0.29) is 19.0 Å². The van der Waals surface area contributed by atoms with Gasteiger partial charge in [-0.2, -0.15) is 11.8 Å². The predicted molar refractivity (Wildman–Crippen MR) is 102 cm³/mol. The Labute approximate surface area is 159 Å². The van der Waals surface area contributed by atoms with E-state index in [4.69, 9.17) is 9.47 Å². The summed E-state index contributed by atoms with van der Waals surface area (Å²) in [7, 11) is 0. The van der Waals surface area contributed by atoms with Crippen LogP contribution in [0.2, 0.25) is 0 Å². The highest BCUT2D eigenvalue weighted by atomic mass is 32.2. The van der Waals surface area contributed by atoms with Gasteiger partial charge in [-0.25, -0.2) is 4.79 Å². The molecule has 1 aromatic rings. The lowest BCUT2D eigenvalue weighted by Gasteiger charge is -2.20. The van der Waals surface area contributed by atoms with E-state index in [1.165, 1.54) is 0 Å². The number of para-hydroxylation sites is 1. The first-order chi connectivity index (χ1) is 12.2. The molecule has 1 aromatic carbocycles. The second-order valence-electron chi connectivity index (χ2n) is 6.78. The topological polar surface area (TPSA) is 81.7 Å². The number of esters is 1. The van der Waals surface area contributed by atoms with Gasteiger partial charge in [-0.1, -0.05) is 39.0 Å². The zero-order valence-electron chi connectivity index (χ0n) is 15.7. The standard InChI is InChI=1S/C19H27NO5S/c1-19(2,3)16(21)12-25-18(23)15(10-11-26-4)20-17(22)13-24-14-8-6-5-7-9-14/h5-9,15H,10-13H2,1-4H3,(H,20,22)/t15-/m1/s1. The highest BCUT2D eigenvalue weighted by Crippen LogP contribution is 2.15. The first kappa shape index (κ1) is 22.0. The highest BCUT2D eigenvalue weighted by molar-refractivity contribution is 7.98. The number of carbonyl (C=O) groups excluding carboxylic acids is 3. The summed E-state index contributed by atoms with van der Waals surface area (Å²) in [6, 6.07) is 8.13. The molecule has 0 aromatic heterocycles. The van der Waals surface area contributed by atoms with Crippen molar-refractivity contribution >= 4 is 29.4 Å². The third-order valence-corrected chi connectivity index (χ3v) is 4.17. The maximum Gasteiger partial charge on any atom is 0.329 e. The van der Waals surface area contributed by atoms with Gasteiger partial charge in [-0.3, -0.25) is 9.59 Å². The summed E-state index contributed by atoms with van der Waals surface area (Å²) < 4.78 is 10.5. The van der Waals surface area contributed by atoms with E-state index in [9.17, 15) is 14.4 Å². The summed E-state index contributed by atoms with van der Waals surface area (Å²) in [6.45, 7) is 4.79. The third-order valence-electron chi connectivity index (χ3n) is 3.53. The fourth-order valence-electron chi connectivity index (χ4n) is 1.84. The number of amides is 1. The zero-order chi connectivity index (χ0) is 19.6. The van der Waals surface area contributed by atoms with Gasteiger partial charge in [-0.05, 0) is 30.6 Å². The molecule has 1 atom stereocenters. The van der Waals surface area contributed by atoms with Gasteiger partial charge in [0.05, 0.1) is 0 Å². The van der Waals surface area contributed by atoms with Crippen LogP contribution in [0.15, 0.2) is 30.3 Å². The molecule has 0 saturated heterocycles. The second kappa shape index (κ2) is 10.9. The number of hydrogen-bond donors (Lipinski definition) is 1. The minimum atomic E-state index is -0.804. The second-order valence-corrected chi connectivity index (χ2v) is 7.77. The minimum absolute atomic E-state index is 0.173. The Morgan fingerprint density at radius 2 is 1.77 bits per heavy atom. The molecule has 0 aliphatic rings. The summed E-state index contributed by atoms with van der Waals surface area (Å²) in [6.07, 6.45) is 2.33. The Hall–Kier alpha value is -2.02. The summed E-state index contributed by atoms with van der Waals surface area (Å²) in [5, 5.41) is 2.62. The van der Waals surface area contributed by atoms with Crippen LogP contribution >= 0.6 is 11.8 Å². The van der Waals surface area contributed by atoms with Gasteiger partial charge < -0.3 is 14.8 Å². The smallest absolute Gasteiger partial charge is 0.329 e. The molecule has 144 valence electrons. The Balaban J connectivity index is 2.54. The highest BCUT2D eigenvalue weighted by Gasteiger charge is 2.26. The number of rotatable bonds is 10. The summed E-state index contributed by atoms with van der Waals surface area (Å²) in [5.74, 6) is 0.0472. The molecule has 1 rings (SSSR count). The molecule has 0 unspecified atom stereocenters. The molecule has 0 spiro atoms. The lowest BCUT2D eigenvalue weighted by molar-refractivity contribution is -0.153. The van der Waals surface area contributed by atoms with Crippen molar-refractivity contribution in [2.45, 2.75) is 33.2 Å². The van der Waals surface area contributed by atoms with Crippen LogP contribution in [0.3, 0.4) is 0 Å². The van der Waals surface area contributed by atoms with E-state index in [2.05, 4.69) is 5.32 Å². The molecule has 0 heterocycles. The maximum atomic E-state index is 12.3. The molecule has 7 heteroatoms. The Morgan fingerprint density at radius 3 is 2.35 bits per heavy atom. The number of benzene rings is 1. The number of carbonyl (C=O) groups is 3. The van der Waals surface area contributed by atoms with Crippen molar-refractivity contribution in [2.75, 3.05) is 25.2 Å². The van der Waals surface area contributed by atoms with Crippen molar-refractivity contribution in [2.24, 2.45) is 5.41 Å². The van der Waals surface area contributed by atoms with Crippen LogP contribution in [-0.2, 0) is 19.1 Å². The molecule has 0 saturated carbocycles. The number of ketones is 1. The largest absolute Gasteiger partial charge is 0.484 e. The summed E-state index contributed by atoms with van der Waals surface area (Å²) in [4.78, 5) is 36.2. The maximum absolute atomic E-state index is 12.3. The third kappa shape index (κ3) is 8.38. The van der Waals surface area contributed by atoms with Gasteiger partial charge in [-0.15, -0.1) is 0 Å². The van der Waals surface area contributed by atoms with Gasteiger partial charge in [0.1, 0.15) is 11.8 Å².